The molecule has 2 aromatic heterocycles. The zero-order valence-corrected chi connectivity index (χ0v) is 34.6. The quantitative estimate of drug-likeness (QED) is 0.191. The number of fused-ring (bicyclic) bond motifs is 2. The van der Waals surface area contributed by atoms with E-state index in [1.54, 1.807) is 11.1 Å². The number of carbonyl (C=O) groups is 2. The molecule has 12 heteroatoms. The summed E-state index contributed by atoms with van der Waals surface area (Å²) in [6.07, 6.45) is 3.75. The van der Waals surface area contributed by atoms with Gasteiger partial charge in [0.05, 0.1) is 82.5 Å². The lowest BCUT2D eigenvalue weighted by atomic mass is 9.99. The second-order valence-electron chi connectivity index (χ2n) is 14.8. The molecule has 0 saturated carbocycles. The van der Waals surface area contributed by atoms with Crippen LogP contribution in [-0.2, 0) is 36.8 Å². The van der Waals surface area contributed by atoms with Crippen molar-refractivity contribution < 1.29 is 28.5 Å². The zero-order valence-electron chi connectivity index (χ0n) is 34.6. The molecule has 3 aromatic carbocycles. The average Bonchev–Trinajstić information content (AvgIpc) is 3.29. The van der Waals surface area contributed by atoms with Crippen LogP contribution in [0.3, 0.4) is 0 Å². The molecule has 0 bridgehead atoms. The van der Waals surface area contributed by atoms with Gasteiger partial charge in [0.2, 0.25) is 5.91 Å². The molecular formula is C49H54N6O6. The first-order valence-electron chi connectivity index (χ1n) is 21.1. The normalized spacial score (nSPS) is 16.8. The second kappa shape index (κ2) is 23.3. The molecule has 7 rings (SSSR count). The fourth-order valence-electron chi connectivity index (χ4n) is 7.41. The van der Waals surface area contributed by atoms with E-state index in [0.29, 0.717) is 78.1 Å². The van der Waals surface area contributed by atoms with Gasteiger partial charge in [-0.2, -0.15) is 0 Å². The van der Waals surface area contributed by atoms with E-state index in [1.807, 2.05) is 115 Å². The Morgan fingerprint density at radius 2 is 1.25 bits per heavy atom. The fourth-order valence-corrected chi connectivity index (χ4v) is 7.41. The van der Waals surface area contributed by atoms with Crippen LogP contribution in [0.25, 0.3) is 0 Å². The van der Waals surface area contributed by atoms with E-state index in [1.165, 1.54) is 0 Å². The second-order valence-corrected chi connectivity index (χ2v) is 14.8. The van der Waals surface area contributed by atoms with Crippen molar-refractivity contribution in [2.45, 2.75) is 25.6 Å². The van der Waals surface area contributed by atoms with Crippen LogP contribution in [0.2, 0.25) is 0 Å². The molecular weight excluding hydrogens is 769 g/mol. The Balaban J connectivity index is 0.958. The minimum atomic E-state index is -0.248. The smallest absolute Gasteiger partial charge is 0.251 e. The number of para-hydroxylation sites is 1. The van der Waals surface area contributed by atoms with Crippen molar-refractivity contribution in [3.8, 4) is 11.8 Å². The van der Waals surface area contributed by atoms with Crippen LogP contribution in [0.1, 0.15) is 56.5 Å². The maximum atomic E-state index is 13.7. The van der Waals surface area contributed by atoms with E-state index in [2.05, 4.69) is 31.9 Å². The first-order valence-corrected chi connectivity index (χ1v) is 21.1. The molecule has 1 saturated heterocycles. The molecule has 2 aliphatic rings. The molecule has 12 nitrogen and oxygen atoms in total. The molecule has 2 aliphatic heterocycles. The van der Waals surface area contributed by atoms with Gasteiger partial charge in [0.25, 0.3) is 5.91 Å². The summed E-state index contributed by atoms with van der Waals surface area (Å²) in [6.45, 7) is 8.17. The number of aromatic nitrogens is 2. The van der Waals surface area contributed by atoms with E-state index in [9.17, 15) is 9.59 Å². The third-order valence-corrected chi connectivity index (χ3v) is 10.6. The van der Waals surface area contributed by atoms with Gasteiger partial charge in [0.15, 0.2) is 0 Å². The summed E-state index contributed by atoms with van der Waals surface area (Å²) in [4.78, 5) is 42.7. The number of rotatable bonds is 9. The van der Waals surface area contributed by atoms with Gasteiger partial charge in [-0.3, -0.25) is 29.4 Å². The molecule has 0 spiro atoms. The van der Waals surface area contributed by atoms with Crippen molar-refractivity contribution in [3.63, 3.8) is 0 Å². The van der Waals surface area contributed by atoms with Gasteiger partial charge in [-0.15, -0.1) is 0 Å². The highest BCUT2D eigenvalue weighted by Crippen LogP contribution is 2.28. The molecule has 1 unspecified atom stereocenters. The Kier molecular flexibility index (Phi) is 16.5. The van der Waals surface area contributed by atoms with Gasteiger partial charge in [-0.25, -0.2) is 0 Å². The van der Waals surface area contributed by atoms with Crippen molar-refractivity contribution in [1.29, 1.82) is 0 Å². The highest BCUT2D eigenvalue weighted by Gasteiger charge is 2.25. The van der Waals surface area contributed by atoms with Crippen LogP contribution in [0.5, 0.6) is 0 Å². The van der Waals surface area contributed by atoms with E-state index in [4.69, 9.17) is 23.9 Å². The lowest BCUT2D eigenvalue weighted by molar-refractivity contribution is -0.118. The number of nitrogens with one attached hydrogen (secondary N) is 1. The predicted molar refractivity (Wildman–Crippen MR) is 234 cm³/mol. The van der Waals surface area contributed by atoms with E-state index < -0.39 is 0 Å². The van der Waals surface area contributed by atoms with Gasteiger partial charge >= 0.3 is 0 Å². The van der Waals surface area contributed by atoms with Crippen molar-refractivity contribution in [2.75, 3.05) is 90.5 Å². The number of ether oxygens (including phenoxy) is 4. The van der Waals surface area contributed by atoms with Gasteiger partial charge in [-0.05, 0) is 65.7 Å². The summed E-state index contributed by atoms with van der Waals surface area (Å²) >= 11 is 0. The molecule has 2 amide bonds. The first-order chi connectivity index (χ1) is 30.1. The SMILES string of the molecule is O=C(NCCC(=O)N1Cc2ccccc2C#Cc2ccccc21)c1ccc(C(c2ccccn2)N2CCOCCOCCN(Cc3ccccn3)CCOCCOCC2)cc1. The molecule has 0 aliphatic carbocycles. The largest absolute Gasteiger partial charge is 0.378 e. The number of anilines is 1. The summed E-state index contributed by atoms with van der Waals surface area (Å²) in [5, 5.41) is 2.96. The number of nitrogens with zero attached hydrogens (tertiary/aromatic N) is 5. The molecule has 1 atom stereocenters. The highest BCUT2D eigenvalue weighted by atomic mass is 16.5. The Morgan fingerprint density at radius 1 is 0.639 bits per heavy atom. The molecule has 5 aromatic rings. The van der Waals surface area contributed by atoms with Crippen LogP contribution < -0.4 is 10.2 Å². The maximum absolute atomic E-state index is 13.7. The number of benzene rings is 3. The minimum absolute atomic E-state index is 0.0918. The standard InChI is InChI=1S/C49H54N6O6/c56-47(55-37-43-11-2-1-9-39(43)15-16-40-10-3-4-14-46(40)55)21-24-52-49(57)42-19-17-41(18-20-42)48(45-13-6-8-23-51-45)54-27-31-60-35-33-58-29-25-53(38-44-12-5-7-22-50-44)26-30-59-34-36-61-32-28-54/h1-14,17-20,22-23,48H,21,24-38H2,(H,52,57). The van der Waals surface area contributed by atoms with Crippen molar-refractivity contribution >= 4 is 17.5 Å². The van der Waals surface area contributed by atoms with E-state index in [0.717, 1.165) is 59.0 Å². The Labute approximate surface area is 358 Å². The van der Waals surface area contributed by atoms with Crippen LogP contribution in [0.15, 0.2) is 122 Å². The lowest BCUT2D eigenvalue weighted by Gasteiger charge is -2.32. The average molecular weight is 823 g/mol. The first kappa shape index (κ1) is 43.3. The van der Waals surface area contributed by atoms with Crippen molar-refractivity contribution in [2.24, 2.45) is 0 Å². The van der Waals surface area contributed by atoms with E-state index >= 15 is 0 Å². The van der Waals surface area contributed by atoms with Crippen LogP contribution >= 0.6 is 0 Å². The van der Waals surface area contributed by atoms with Crippen LogP contribution in [0.4, 0.5) is 5.69 Å². The third kappa shape index (κ3) is 12.9. The van der Waals surface area contributed by atoms with Crippen LogP contribution in [0, 0.1) is 11.8 Å². The number of amides is 2. The molecule has 0 radical (unpaired) electrons. The number of pyridine rings is 2. The fraction of sp³-hybridized carbons (Fsp3) is 0.347. The molecule has 1 N–H and O–H groups in total. The van der Waals surface area contributed by atoms with Gasteiger partial charge < -0.3 is 29.2 Å². The number of carbonyl (C=O) groups excluding carboxylic acids is 2. The predicted octanol–water partition coefficient (Wildman–Crippen LogP) is 5.52. The highest BCUT2D eigenvalue weighted by molar-refractivity contribution is 5.97. The Morgan fingerprint density at radius 3 is 1.92 bits per heavy atom. The third-order valence-electron chi connectivity index (χ3n) is 10.6. The number of hydrogen-bond acceptors (Lipinski definition) is 10. The van der Waals surface area contributed by atoms with Gasteiger partial charge in [0.1, 0.15) is 0 Å². The zero-order chi connectivity index (χ0) is 41.9. The van der Waals surface area contributed by atoms with Gasteiger partial charge in [0, 0.05) is 74.8 Å². The number of hydrogen-bond donors (Lipinski definition) is 1. The minimum Gasteiger partial charge on any atom is -0.378 e. The van der Waals surface area contributed by atoms with Crippen LogP contribution in [-0.4, -0.2) is 117 Å². The van der Waals surface area contributed by atoms with Crippen molar-refractivity contribution in [1.82, 2.24) is 25.1 Å². The summed E-state index contributed by atoms with van der Waals surface area (Å²) in [5.74, 6) is 6.15. The topological polar surface area (TPSA) is 119 Å². The Hall–Kier alpha value is -5.78. The summed E-state index contributed by atoms with van der Waals surface area (Å²) in [7, 11) is 0. The molecule has 61 heavy (non-hydrogen) atoms. The molecule has 4 heterocycles. The molecule has 1 fully saturated rings. The van der Waals surface area contributed by atoms with Crippen molar-refractivity contribution in [3.05, 3.63) is 161 Å². The van der Waals surface area contributed by atoms with E-state index in [-0.39, 0.29) is 30.8 Å². The monoisotopic (exact) mass is 822 g/mol. The molecule has 316 valence electrons. The summed E-state index contributed by atoms with van der Waals surface area (Å²) in [5.41, 5.74) is 6.82. The summed E-state index contributed by atoms with van der Waals surface area (Å²) in [6, 6.07) is 34.8. The maximum Gasteiger partial charge on any atom is 0.251 e. The lowest BCUT2D eigenvalue weighted by Crippen LogP contribution is -2.36. The van der Waals surface area contributed by atoms with Gasteiger partial charge in [-0.1, -0.05) is 66.4 Å². The Bertz CT molecular complexity index is 2180. The summed E-state index contributed by atoms with van der Waals surface area (Å²) < 4.78 is 24.1.